The number of rotatable bonds is 3. The molecule has 0 bridgehead atoms. The molecule has 0 aliphatic carbocycles. The summed E-state index contributed by atoms with van der Waals surface area (Å²) in [6.45, 7) is 8.71. The lowest BCUT2D eigenvalue weighted by molar-refractivity contribution is 0.0765. The van der Waals surface area contributed by atoms with E-state index in [1.54, 1.807) is 4.90 Å². The van der Waals surface area contributed by atoms with E-state index in [0.717, 1.165) is 32.7 Å². The molecule has 3 rings (SSSR count). The Kier molecular flexibility index (Phi) is 4.64. The van der Waals surface area contributed by atoms with Crippen LogP contribution in [0.15, 0.2) is 24.3 Å². The fourth-order valence-corrected chi connectivity index (χ4v) is 3.25. The van der Waals surface area contributed by atoms with Gasteiger partial charge in [0.2, 0.25) is 0 Å². The molecule has 0 spiro atoms. The summed E-state index contributed by atoms with van der Waals surface area (Å²) in [5.41, 5.74) is 1.90. The number of anilines is 1. The summed E-state index contributed by atoms with van der Waals surface area (Å²) in [6.07, 6.45) is 0.323. The van der Waals surface area contributed by atoms with Crippen LogP contribution < -0.4 is 4.90 Å². The number of hydrogen-bond donors (Lipinski definition) is 1. The Labute approximate surface area is 132 Å². The topological polar surface area (TPSA) is 47.0 Å². The monoisotopic (exact) mass is 303 g/mol. The number of carbonyl (C=O) groups is 1. The summed E-state index contributed by atoms with van der Waals surface area (Å²) in [4.78, 5) is 18.9. The second-order valence-corrected chi connectivity index (χ2v) is 6.16. The number of likely N-dealkylation sites (tertiary alicyclic amines) is 1. The van der Waals surface area contributed by atoms with Crippen molar-refractivity contribution in [3.8, 4) is 0 Å². The summed E-state index contributed by atoms with van der Waals surface area (Å²) in [6, 6.07) is 7.91. The molecule has 22 heavy (non-hydrogen) atoms. The molecule has 2 heterocycles. The number of hydrogen-bond acceptors (Lipinski definition) is 4. The molecule has 0 aromatic heterocycles. The maximum atomic E-state index is 12.4. The van der Waals surface area contributed by atoms with Gasteiger partial charge in [-0.05, 0) is 37.2 Å². The molecule has 5 nitrogen and oxygen atoms in total. The van der Waals surface area contributed by atoms with E-state index in [4.69, 9.17) is 0 Å². The van der Waals surface area contributed by atoms with Crippen molar-refractivity contribution in [2.75, 3.05) is 50.7 Å². The number of carbonyl (C=O) groups excluding carboxylic acids is 1. The highest BCUT2D eigenvalue weighted by atomic mass is 16.3. The molecule has 2 aliphatic rings. The van der Waals surface area contributed by atoms with Crippen LogP contribution in [0.3, 0.4) is 0 Å². The molecule has 1 amide bonds. The van der Waals surface area contributed by atoms with Gasteiger partial charge in [0.1, 0.15) is 0 Å². The van der Waals surface area contributed by atoms with Crippen molar-refractivity contribution in [2.24, 2.45) is 0 Å². The van der Waals surface area contributed by atoms with Gasteiger partial charge in [-0.2, -0.15) is 0 Å². The fraction of sp³-hybridized carbons (Fsp3) is 0.588. The molecule has 1 aromatic rings. The van der Waals surface area contributed by atoms with Crippen LogP contribution in [0.4, 0.5) is 5.69 Å². The second-order valence-electron chi connectivity index (χ2n) is 6.16. The first-order valence-electron chi connectivity index (χ1n) is 8.22. The average molecular weight is 303 g/mol. The highest BCUT2D eigenvalue weighted by Crippen LogP contribution is 2.19. The maximum Gasteiger partial charge on any atom is 0.253 e. The first kappa shape index (κ1) is 15.3. The number of benzene rings is 1. The predicted octanol–water partition coefficient (Wildman–Crippen LogP) is 1.04. The van der Waals surface area contributed by atoms with Crippen LogP contribution in [-0.2, 0) is 0 Å². The number of likely N-dealkylation sites (N-methyl/N-ethyl adjacent to an activating group) is 1. The summed E-state index contributed by atoms with van der Waals surface area (Å²) >= 11 is 0. The molecule has 2 aliphatic heterocycles. The van der Waals surface area contributed by atoms with Crippen molar-refractivity contribution in [1.29, 1.82) is 0 Å². The van der Waals surface area contributed by atoms with Crippen molar-refractivity contribution in [3.63, 3.8) is 0 Å². The minimum Gasteiger partial charge on any atom is -0.391 e. The third-order valence-corrected chi connectivity index (χ3v) is 4.75. The van der Waals surface area contributed by atoms with Gasteiger partial charge in [0, 0.05) is 50.5 Å². The average Bonchev–Trinajstić information content (AvgIpc) is 3.01. The van der Waals surface area contributed by atoms with Crippen LogP contribution in [0.1, 0.15) is 23.7 Å². The van der Waals surface area contributed by atoms with Gasteiger partial charge in [-0.1, -0.05) is 6.92 Å². The van der Waals surface area contributed by atoms with E-state index >= 15 is 0 Å². The summed E-state index contributed by atoms with van der Waals surface area (Å²) in [5.74, 6) is 0.0268. The van der Waals surface area contributed by atoms with Gasteiger partial charge in [-0.25, -0.2) is 0 Å². The molecule has 120 valence electrons. The summed E-state index contributed by atoms with van der Waals surface area (Å²) in [5, 5.41) is 9.55. The van der Waals surface area contributed by atoms with Gasteiger partial charge < -0.3 is 19.8 Å². The number of aliphatic hydroxyl groups excluding tert-OH is 1. The SMILES string of the molecule is CCN1CCN(c2ccc(C(=O)N3CC[C@@H](O)C3)cc2)CC1. The lowest BCUT2D eigenvalue weighted by Crippen LogP contribution is -2.46. The zero-order valence-corrected chi connectivity index (χ0v) is 13.2. The lowest BCUT2D eigenvalue weighted by Gasteiger charge is -2.35. The van der Waals surface area contributed by atoms with Crippen LogP contribution in [0.2, 0.25) is 0 Å². The van der Waals surface area contributed by atoms with E-state index in [2.05, 4.69) is 16.7 Å². The molecule has 0 radical (unpaired) electrons. The van der Waals surface area contributed by atoms with Crippen LogP contribution in [0.5, 0.6) is 0 Å². The lowest BCUT2D eigenvalue weighted by atomic mass is 10.1. The Morgan fingerprint density at radius 3 is 2.36 bits per heavy atom. The Hall–Kier alpha value is -1.59. The Bertz CT molecular complexity index is 509. The number of piperazine rings is 1. The van der Waals surface area contributed by atoms with Crippen molar-refractivity contribution in [1.82, 2.24) is 9.80 Å². The van der Waals surface area contributed by atoms with E-state index < -0.39 is 0 Å². The van der Waals surface area contributed by atoms with Crippen LogP contribution >= 0.6 is 0 Å². The van der Waals surface area contributed by atoms with Crippen LogP contribution in [0.25, 0.3) is 0 Å². The molecule has 1 aromatic carbocycles. The number of β-amino-alcohol motifs (C(OH)–C–C–N with tert-alkyl or cyclic N) is 1. The zero-order valence-electron chi connectivity index (χ0n) is 13.2. The largest absolute Gasteiger partial charge is 0.391 e. The molecule has 2 saturated heterocycles. The molecule has 1 atom stereocenters. The van der Waals surface area contributed by atoms with E-state index in [-0.39, 0.29) is 12.0 Å². The number of nitrogens with zero attached hydrogens (tertiary/aromatic N) is 3. The van der Waals surface area contributed by atoms with Gasteiger partial charge >= 0.3 is 0 Å². The summed E-state index contributed by atoms with van der Waals surface area (Å²) in [7, 11) is 0. The minimum absolute atomic E-state index is 0.0268. The molecular formula is C17H25N3O2. The predicted molar refractivity (Wildman–Crippen MR) is 87.3 cm³/mol. The smallest absolute Gasteiger partial charge is 0.253 e. The Morgan fingerprint density at radius 2 is 1.82 bits per heavy atom. The molecule has 0 saturated carbocycles. The molecule has 5 heteroatoms. The fourth-order valence-electron chi connectivity index (χ4n) is 3.25. The minimum atomic E-state index is -0.363. The standard InChI is InChI=1S/C17H25N3O2/c1-2-18-9-11-19(12-10-18)15-5-3-14(4-6-15)17(22)20-8-7-16(21)13-20/h3-6,16,21H,2,7-13H2,1H3/t16-/m1/s1. The highest BCUT2D eigenvalue weighted by Gasteiger charge is 2.25. The van der Waals surface area contributed by atoms with E-state index in [0.29, 0.717) is 25.1 Å². The second kappa shape index (κ2) is 6.67. The van der Waals surface area contributed by atoms with Gasteiger partial charge in [0.15, 0.2) is 0 Å². The highest BCUT2D eigenvalue weighted by molar-refractivity contribution is 5.94. The van der Waals surface area contributed by atoms with Crippen LogP contribution in [0, 0.1) is 0 Å². The number of amides is 1. The van der Waals surface area contributed by atoms with E-state index in [1.807, 2.05) is 24.3 Å². The number of aliphatic hydroxyl groups is 1. The first-order valence-corrected chi connectivity index (χ1v) is 8.22. The van der Waals surface area contributed by atoms with Crippen LogP contribution in [-0.4, -0.2) is 72.7 Å². The van der Waals surface area contributed by atoms with Crippen molar-refractivity contribution < 1.29 is 9.90 Å². The third kappa shape index (κ3) is 3.25. The zero-order chi connectivity index (χ0) is 15.5. The van der Waals surface area contributed by atoms with Gasteiger partial charge in [-0.3, -0.25) is 4.79 Å². The quantitative estimate of drug-likeness (QED) is 0.906. The Balaban J connectivity index is 1.62. The Morgan fingerprint density at radius 1 is 1.14 bits per heavy atom. The third-order valence-electron chi connectivity index (χ3n) is 4.75. The normalized spacial score (nSPS) is 23.1. The molecule has 2 fully saturated rings. The van der Waals surface area contributed by atoms with Gasteiger partial charge in [0.05, 0.1) is 6.10 Å². The van der Waals surface area contributed by atoms with E-state index in [1.165, 1.54) is 5.69 Å². The van der Waals surface area contributed by atoms with Gasteiger partial charge in [0.25, 0.3) is 5.91 Å². The molecule has 1 N–H and O–H groups in total. The van der Waals surface area contributed by atoms with Crippen molar-refractivity contribution >= 4 is 11.6 Å². The first-order chi connectivity index (χ1) is 10.7. The molecule has 0 unspecified atom stereocenters. The van der Waals surface area contributed by atoms with Gasteiger partial charge in [-0.15, -0.1) is 0 Å². The maximum absolute atomic E-state index is 12.4. The molecular weight excluding hydrogens is 278 g/mol. The van der Waals surface area contributed by atoms with Crippen molar-refractivity contribution in [3.05, 3.63) is 29.8 Å². The summed E-state index contributed by atoms with van der Waals surface area (Å²) < 4.78 is 0. The van der Waals surface area contributed by atoms with E-state index in [9.17, 15) is 9.90 Å². The van der Waals surface area contributed by atoms with Crippen molar-refractivity contribution in [2.45, 2.75) is 19.4 Å².